The monoisotopic (exact) mass is 266 g/mol. The maximum absolute atomic E-state index is 11.3. The normalized spacial score (nSPS) is 15.1. The van der Waals surface area contributed by atoms with Crippen molar-refractivity contribution in [3.05, 3.63) is 0 Å². The second-order valence-electron chi connectivity index (χ2n) is 4.73. The number of hydrogen-bond donors (Lipinski definition) is 0. The molecule has 0 aromatic carbocycles. The maximum Gasteiger partial charge on any atom is 0.304 e. The van der Waals surface area contributed by atoms with Gasteiger partial charge in [-0.25, -0.2) is 0 Å². The molecule has 0 heterocycles. The summed E-state index contributed by atoms with van der Waals surface area (Å²) >= 11 is -1.60. The van der Waals surface area contributed by atoms with Crippen LogP contribution in [0.15, 0.2) is 0 Å². The fraction of sp³-hybridized carbons (Fsp3) is 1.00. The third-order valence-electron chi connectivity index (χ3n) is 2.37. The average Bonchev–Trinajstić information content (AvgIpc) is 2.29. The molecule has 0 fully saturated rings. The van der Waals surface area contributed by atoms with Gasteiger partial charge in [0, 0.05) is 13.7 Å². The van der Waals surface area contributed by atoms with E-state index in [9.17, 15) is 4.21 Å². The van der Waals surface area contributed by atoms with Crippen LogP contribution < -0.4 is 0 Å². The standard InChI is InChI=1S/C12H26O4S/c1-11(2)6-5-8-15-17(13)16-10-12(3)7-9-14-4/h11-12H,5-10H2,1-4H3. The van der Waals surface area contributed by atoms with Crippen molar-refractivity contribution < 1.29 is 17.3 Å². The molecular weight excluding hydrogens is 240 g/mol. The van der Waals surface area contributed by atoms with E-state index in [0.29, 0.717) is 31.7 Å². The van der Waals surface area contributed by atoms with Crippen LogP contribution in [0.1, 0.15) is 40.0 Å². The zero-order chi connectivity index (χ0) is 13.1. The zero-order valence-corrected chi connectivity index (χ0v) is 12.3. The molecule has 0 aromatic heterocycles. The van der Waals surface area contributed by atoms with Crippen LogP contribution in [0.2, 0.25) is 0 Å². The third kappa shape index (κ3) is 12.3. The first-order valence-electron chi connectivity index (χ1n) is 6.23. The minimum absolute atomic E-state index is 0.332. The summed E-state index contributed by atoms with van der Waals surface area (Å²) < 4.78 is 26.4. The fourth-order valence-electron chi connectivity index (χ4n) is 1.23. The Morgan fingerprint density at radius 1 is 1.06 bits per heavy atom. The zero-order valence-electron chi connectivity index (χ0n) is 11.4. The van der Waals surface area contributed by atoms with E-state index < -0.39 is 11.4 Å². The molecule has 0 radical (unpaired) electrons. The minimum atomic E-state index is -1.60. The van der Waals surface area contributed by atoms with Crippen LogP contribution in [0.5, 0.6) is 0 Å². The highest BCUT2D eigenvalue weighted by Crippen LogP contribution is 2.06. The van der Waals surface area contributed by atoms with E-state index in [2.05, 4.69) is 13.8 Å². The molecule has 2 unspecified atom stereocenters. The van der Waals surface area contributed by atoms with Gasteiger partial charge in [0.2, 0.25) is 0 Å². The topological polar surface area (TPSA) is 44.8 Å². The molecule has 104 valence electrons. The Balaban J connectivity index is 3.39. The van der Waals surface area contributed by atoms with E-state index in [1.54, 1.807) is 7.11 Å². The summed E-state index contributed by atoms with van der Waals surface area (Å²) in [7, 11) is 1.67. The van der Waals surface area contributed by atoms with Gasteiger partial charge in [0.1, 0.15) is 0 Å². The van der Waals surface area contributed by atoms with Crippen LogP contribution in [0.25, 0.3) is 0 Å². The first-order chi connectivity index (χ1) is 8.06. The fourth-order valence-corrected chi connectivity index (χ4v) is 1.89. The number of ether oxygens (including phenoxy) is 1. The smallest absolute Gasteiger partial charge is 0.304 e. The van der Waals surface area contributed by atoms with Gasteiger partial charge in [-0.2, -0.15) is 4.21 Å². The first-order valence-corrected chi connectivity index (χ1v) is 7.23. The lowest BCUT2D eigenvalue weighted by Crippen LogP contribution is -2.12. The lowest BCUT2D eigenvalue weighted by atomic mass is 10.1. The Hall–Kier alpha value is 0.0300. The summed E-state index contributed by atoms with van der Waals surface area (Å²) in [5, 5.41) is 0. The Morgan fingerprint density at radius 2 is 1.76 bits per heavy atom. The van der Waals surface area contributed by atoms with Crippen molar-refractivity contribution in [3.63, 3.8) is 0 Å². The Labute approximate surface area is 108 Å². The quantitative estimate of drug-likeness (QED) is 0.539. The average molecular weight is 266 g/mol. The highest BCUT2D eigenvalue weighted by atomic mass is 32.2. The predicted molar refractivity (Wildman–Crippen MR) is 69.8 cm³/mol. The van der Waals surface area contributed by atoms with E-state index in [4.69, 9.17) is 13.1 Å². The molecule has 4 nitrogen and oxygen atoms in total. The molecular formula is C12H26O4S. The van der Waals surface area contributed by atoms with Crippen LogP contribution in [0.4, 0.5) is 0 Å². The highest BCUT2D eigenvalue weighted by Gasteiger charge is 2.06. The van der Waals surface area contributed by atoms with Crippen molar-refractivity contribution in [1.82, 2.24) is 0 Å². The molecule has 0 saturated heterocycles. The molecule has 0 spiro atoms. The van der Waals surface area contributed by atoms with Crippen LogP contribution in [-0.2, 0) is 24.5 Å². The highest BCUT2D eigenvalue weighted by molar-refractivity contribution is 7.75. The second kappa shape index (κ2) is 11.1. The van der Waals surface area contributed by atoms with Crippen LogP contribution >= 0.6 is 0 Å². The van der Waals surface area contributed by atoms with E-state index in [0.717, 1.165) is 19.3 Å². The van der Waals surface area contributed by atoms with E-state index in [1.807, 2.05) is 6.92 Å². The van der Waals surface area contributed by atoms with Crippen LogP contribution in [-0.4, -0.2) is 31.1 Å². The van der Waals surface area contributed by atoms with Crippen molar-refractivity contribution >= 4 is 11.4 Å². The van der Waals surface area contributed by atoms with Gasteiger partial charge in [-0.15, -0.1) is 0 Å². The largest absolute Gasteiger partial charge is 0.385 e. The molecule has 0 bridgehead atoms. The second-order valence-corrected chi connectivity index (χ2v) is 5.61. The Kier molecular flexibility index (Phi) is 11.2. The van der Waals surface area contributed by atoms with Crippen molar-refractivity contribution in [3.8, 4) is 0 Å². The molecule has 17 heavy (non-hydrogen) atoms. The summed E-state index contributed by atoms with van der Waals surface area (Å²) in [5.74, 6) is 0.986. The summed E-state index contributed by atoms with van der Waals surface area (Å²) in [5.41, 5.74) is 0. The summed E-state index contributed by atoms with van der Waals surface area (Å²) in [6.45, 7) is 7.99. The molecule has 0 N–H and O–H groups in total. The van der Waals surface area contributed by atoms with Gasteiger partial charge >= 0.3 is 11.4 Å². The third-order valence-corrected chi connectivity index (χ3v) is 3.06. The molecule has 0 aliphatic rings. The van der Waals surface area contributed by atoms with E-state index in [-0.39, 0.29) is 0 Å². The number of methoxy groups -OCH3 is 1. The maximum atomic E-state index is 11.3. The van der Waals surface area contributed by atoms with Crippen molar-refractivity contribution in [1.29, 1.82) is 0 Å². The van der Waals surface area contributed by atoms with Crippen LogP contribution in [0, 0.1) is 11.8 Å². The van der Waals surface area contributed by atoms with E-state index in [1.165, 1.54) is 0 Å². The molecule has 0 aliphatic carbocycles. The summed E-state index contributed by atoms with van der Waals surface area (Å²) in [6.07, 6.45) is 2.91. The van der Waals surface area contributed by atoms with Gasteiger partial charge in [0.15, 0.2) is 0 Å². The van der Waals surface area contributed by atoms with Crippen molar-refractivity contribution in [2.45, 2.75) is 40.0 Å². The van der Waals surface area contributed by atoms with Gasteiger partial charge in [0.25, 0.3) is 0 Å². The molecule has 0 amide bonds. The Bertz CT molecular complexity index is 197. The molecule has 0 rings (SSSR count). The van der Waals surface area contributed by atoms with Gasteiger partial charge in [0.05, 0.1) is 13.2 Å². The molecule has 5 heteroatoms. The molecule has 0 aliphatic heterocycles. The first kappa shape index (κ1) is 17.0. The SMILES string of the molecule is COCCC(C)COS(=O)OCCCC(C)C. The molecule has 0 saturated carbocycles. The minimum Gasteiger partial charge on any atom is -0.385 e. The van der Waals surface area contributed by atoms with Gasteiger partial charge in [-0.3, -0.25) is 8.37 Å². The summed E-state index contributed by atoms with van der Waals surface area (Å²) in [4.78, 5) is 0. The van der Waals surface area contributed by atoms with Crippen molar-refractivity contribution in [2.24, 2.45) is 11.8 Å². The van der Waals surface area contributed by atoms with E-state index >= 15 is 0 Å². The number of rotatable bonds is 11. The Morgan fingerprint density at radius 3 is 2.35 bits per heavy atom. The predicted octanol–water partition coefficient (Wildman–Crippen LogP) is 2.71. The lowest BCUT2D eigenvalue weighted by Gasteiger charge is -2.10. The molecule has 2 atom stereocenters. The summed E-state index contributed by atoms with van der Waals surface area (Å²) in [6, 6.07) is 0. The molecule has 0 aromatic rings. The van der Waals surface area contributed by atoms with Gasteiger partial charge < -0.3 is 4.74 Å². The van der Waals surface area contributed by atoms with Gasteiger partial charge in [-0.1, -0.05) is 20.8 Å². The van der Waals surface area contributed by atoms with Crippen LogP contribution in [0.3, 0.4) is 0 Å². The number of hydrogen-bond acceptors (Lipinski definition) is 4. The van der Waals surface area contributed by atoms with Crippen molar-refractivity contribution in [2.75, 3.05) is 26.9 Å². The van der Waals surface area contributed by atoms with Gasteiger partial charge in [-0.05, 0) is 31.1 Å². The lowest BCUT2D eigenvalue weighted by molar-refractivity contribution is 0.157.